The molecular formula is C26H25N7O3. The molecule has 1 atom stereocenters. The molecule has 3 N–H and O–H groups in total. The fourth-order valence-electron chi connectivity index (χ4n) is 3.99. The maximum Gasteiger partial charge on any atom is 0.247 e. The van der Waals surface area contributed by atoms with Gasteiger partial charge in [-0.25, -0.2) is 15.0 Å². The van der Waals surface area contributed by atoms with Crippen molar-refractivity contribution in [1.82, 2.24) is 19.9 Å². The SMILES string of the molecule is C=CC(=O)Nc1ccnc(-c2cccc3cnc(Nc4ccc(N5CCO[C@H](CO)C5)nc4)nc23)c1. The van der Waals surface area contributed by atoms with E-state index in [-0.39, 0.29) is 18.6 Å². The number of morpholine rings is 1. The second-order valence-corrected chi connectivity index (χ2v) is 8.21. The van der Waals surface area contributed by atoms with Crippen LogP contribution in [0.5, 0.6) is 0 Å². The van der Waals surface area contributed by atoms with Crippen molar-refractivity contribution >= 4 is 40.0 Å². The molecule has 1 saturated heterocycles. The maximum atomic E-state index is 11.7. The van der Waals surface area contributed by atoms with E-state index in [1.165, 1.54) is 6.08 Å². The van der Waals surface area contributed by atoms with Crippen LogP contribution < -0.4 is 15.5 Å². The van der Waals surface area contributed by atoms with Gasteiger partial charge in [-0.3, -0.25) is 9.78 Å². The first kappa shape index (κ1) is 23.3. The van der Waals surface area contributed by atoms with Crippen molar-refractivity contribution in [2.45, 2.75) is 6.10 Å². The number of fused-ring (bicyclic) bond motifs is 1. The van der Waals surface area contributed by atoms with Crippen molar-refractivity contribution in [1.29, 1.82) is 0 Å². The molecule has 4 heterocycles. The zero-order chi connectivity index (χ0) is 24.9. The number of benzene rings is 1. The van der Waals surface area contributed by atoms with Gasteiger partial charge in [0, 0.05) is 42.1 Å². The van der Waals surface area contributed by atoms with E-state index in [9.17, 15) is 9.90 Å². The highest BCUT2D eigenvalue weighted by molar-refractivity contribution is 5.99. The van der Waals surface area contributed by atoms with E-state index in [0.717, 1.165) is 34.5 Å². The highest BCUT2D eigenvalue weighted by Crippen LogP contribution is 2.28. The summed E-state index contributed by atoms with van der Waals surface area (Å²) in [6.45, 7) is 5.34. The molecule has 0 spiro atoms. The number of nitrogens with one attached hydrogen (secondary N) is 2. The highest BCUT2D eigenvalue weighted by atomic mass is 16.5. The van der Waals surface area contributed by atoms with Crippen LogP contribution in [0.25, 0.3) is 22.2 Å². The second-order valence-electron chi connectivity index (χ2n) is 8.21. The van der Waals surface area contributed by atoms with E-state index < -0.39 is 0 Å². The standard InChI is InChI=1S/C26H25N7O3/c1-2-24(35)30-18-8-9-27-22(12-18)21-5-3-4-17-13-29-26(32-25(17)21)31-19-6-7-23(28-14-19)33-10-11-36-20(15-33)16-34/h2-9,12-14,20,34H,1,10-11,15-16H2,(H,27,30,35)(H,29,31,32)/t20-/m0/s1. The minimum Gasteiger partial charge on any atom is -0.394 e. The zero-order valence-electron chi connectivity index (χ0n) is 19.5. The van der Waals surface area contributed by atoms with Crippen LogP contribution in [0.3, 0.4) is 0 Å². The number of pyridine rings is 2. The molecule has 1 amide bonds. The Morgan fingerprint density at radius 3 is 2.89 bits per heavy atom. The molecule has 1 aromatic carbocycles. The number of aliphatic hydroxyl groups is 1. The van der Waals surface area contributed by atoms with E-state index in [1.54, 1.807) is 30.7 Å². The smallest absolute Gasteiger partial charge is 0.247 e. The maximum absolute atomic E-state index is 11.7. The Labute approximate surface area is 207 Å². The number of para-hydroxylation sites is 1. The summed E-state index contributed by atoms with van der Waals surface area (Å²) in [5.41, 5.74) is 3.57. The molecule has 182 valence electrons. The predicted molar refractivity (Wildman–Crippen MR) is 138 cm³/mol. The third-order valence-electron chi connectivity index (χ3n) is 5.77. The number of rotatable bonds is 7. The number of hydrogen-bond acceptors (Lipinski definition) is 9. The van der Waals surface area contributed by atoms with Crippen molar-refractivity contribution < 1.29 is 14.6 Å². The van der Waals surface area contributed by atoms with Crippen LogP contribution in [-0.2, 0) is 9.53 Å². The molecule has 3 aromatic heterocycles. The lowest BCUT2D eigenvalue weighted by Gasteiger charge is -2.32. The molecule has 36 heavy (non-hydrogen) atoms. The first-order chi connectivity index (χ1) is 17.6. The molecule has 0 radical (unpaired) electrons. The minimum absolute atomic E-state index is 0.0132. The molecule has 1 fully saturated rings. The van der Waals surface area contributed by atoms with Crippen molar-refractivity contribution in [2.75, 3.05) is 41.8 Å². The number of carbonyl (C=O) groups is 1. The molecule has 10 nitrogen and oxygen atoms in total. The fraction of sp³-hybridized carbons (Fsp3) is 0.192. The van der Waals surface area contributed by atoms with Crippen molar-refractivity contribution in [3.05, 3.63) is 73.7 Å². The van der Waals surface area contributed by atoms with Crippen LogP contribution in [0.1, 0.15) is 0 Å². The average molecular weight is 484 g/mol. The van der Waals surface area contributed by atoms with Gasteiger partial charge in [-0.2, -0.15) is 0 Å². The third-order valence-corrected chi connectivity index (χ3v) is 5.77. The van der Waals surface area contributed by atoms with Crippen molar-refractivity contribution in [3.8, 4) is 11.3 Å². The topological polar surface area (TPSA) is 125 Å². The average Bonchev–Trinajstić information content (AvgIpc) is 2.93. The van der Waals surface area contributed by atoms with Gasteiger partial charge in [-0.1, -0.05) is 24.8 Å². The van der Waals surface area contributed by atoms with Crippen molar-refractivity contribution in [2.24, 2.45) is 0 Å². The Balaban J connectivity index is 1.38. The summed E-state index contributed by atoms with van der Waals surface area (Å²) in [7, 11) is 0. The third kappa shape index (κ3) is 5.14. The number of amides is 1. The molecule has 0 unspecified atom stereocenters. The largest absolute Gasteiger partial charge is 0.394 e. The monoisotopic (exact) mass is 483 g/mol. The summed E-state index contributed by atoms with van der Waals surface area (Å²) in [6.07, 6.45) is 6.13. The Kier molecular flexibility index (Phi) is 6.78. The number of anilines is 4. The summed E-state index contributed by atoms with van der Waals surface area (Å²) < 4.78 is 5.51. The Hall–Kier alpha value is -4.41. The van der Waals surface area contributed by atoms with E-state index in [4.69, 9.17) is 9.72 Å². The molecule has 10 heteroatoms. The van der Waals surface area contributed by atoms with Gasteiger partial charge in [0.2, 0.25) is 11.9 Å². The summed E-state index contributed by atoms with van der Waals surface area (Å²) >= 11 is 0. The number of aromatic nitrogens is 4. The van der Waals surface area contributed by atoms with Gasteiger partial charge in [0.1, 0.15) is 5.82 Å². The Morgan fingerprint density at radius 1 is 1.17 bits per heavy atom. The van der Waals surface area contributed by atoms with Gasteiger partial charge in [-0.05, 0) is 30.3 Å². The predicted octanol–water partition coefficient (Wildman–Crippen LogP) is 3.15. The second kappa shape index (κ2) is 10.5. The van der Waals surface area contributed by atoms with E-state index in [1.807, 2.05) is 30.3 Å². The van der Waals surface area contributed by atoms with Gasteiger partial charge in [-0.15, -0.1) is 0 Å². The fourth-order valence-corrected chi connectivity index (χ4v) is 3.99. The van der Waals surface area contributed by atoms with Gasteiger partial charge in [0.15, 0.2) is 0 Å². The summed E-state index contributed by atoms with van der Waals surface area (Å²) in [4.78, 5) is 32.0. The summed E-state index contributed by atoms with van der Waals surface area (Å²) in [6, 6.07) is 13.1. The van der Waals surface area contributed by atoms with Crippen LogP contribution in [0.15, 0.2) is 73.7 Å². The Morgan fingerprint density at radius 2 is 2.08 bits per heavy atom. The van der Waals surface area contributed by atoms with Crippen LogP contribution >= 0.6 is 0 Å². The summed E-state index contributed by atoms with van der Waals surface area (Å²) in [5, 5.41) is 16.2. The van der Waals surface area contributed by atoms with Crippen LogP contribution in [0.2, 0.25) is 0 Å². The molecule has 1 aliphatic heterocycles. The number of ether oxygens (including phenoxy) is 1. The minimum atomic E-state index is -0.291. The van der Waals surface area contributed by atoms with Gasteiger partial charge < -0.3 is 25.4 Å². The lowest BCUT2D eigenvalue weighted by Crippen LogP contribution is -2.44. The molecule has 1 aliphatic rings. The van der Waals surface area contributed by atoms with E-state index in [0.29, 0.717) is 30.5 Å². The first-order valence-corrected chi connectivity index (χ1v) is 11.5. The number of nitrogens with zero attached hydrogens (tertiary/aromatic N) is 5. The number of hydrogen-bond donors (Lipinski definition) is 3. The zero-order valence-corrected chi connectivity index (χ0v) is 19.5. The number of aliphatic hydroxyl groups excluding tert-OH is 1. The van der Waals surface area contributed by atoms with Crippen LogP contribution in [0, 0.1) is 0 Å². The van der Waals surface area contributed by atoms with Crippen molar-refractivity contribution in [3.63, 3.8) is 0 Å². The molecule has 0 aliphatic carbocycles. The highest BCUT2D eigenvalue weighted by Gasteiger charge is 2.20. The van der Waals surface area contributed by atoms with Gasteiger partial charge >= 0.3 is 0 Å². The van der Waals surface area contributed by atoms with Gasteiger partial charge in [0.05, 0.1) is 42.4 Å². The van der Waals surface area contributed by atoms with E-state index in [2.05, 4.69) is 37.1 Å². The van der Waals surface area contributed by atoms with Crippen LogP contribution in [-0.4, -0.2) is 63.4 Å². The molecule has 0 bridgehead atoms. The van der Waals surface area contributed by atoms with E-state index >= 15 is 0 Å². The molecule has 4 aromatic rings. The normalized spacial score (nSPS) is 15.5. The molecule has 5 rings (SSSR count). The first-order valence-electron chi connectivity index (χ1n) is 11.5. The Bertz CT molecular complexity index is 1390. The quantitative estimate of drug-likeness (QED) is 0.340. The molecular weight excluding hydrogens is 458 g/mol. The lowest BCUT2D eigenvalue weighted by molar-refractivity contribution is -0.111. The van der Waals surface area contributed by atoms with Crippen LogP contribution in [0.4, 0.5) is 23.1 Å². The number of carbonyl (C=O) groups excluding carboxylic acids is 1. The molecule has 0 saturated carbocycles. The lowest BCUT2D eigenvalue weighted by atomic mass is 10.1. The summed E-state index contributed by atoms with van der Waals surface area (Å²) in [5.74, 6) is 0.950. The van der Waals surface area contributed by atoms with Gasteiger partial charge in [0.25, 0.3) is 0 Å².